The summed E-state index contributed by atoms with van der Waals surface area (Å²) in [7, 11) is 0. The maximum atomic E-state index is 3.96. The first-order valence-electron chi connectivity index (χ1n) is 6.19. The van der Waals surface area contributed by atoms with Crippen LogP contribution in [-0.2, 0) is 6.54 Å². The van der Waals surface area contributed by atoms with E-state index < -0.39 is 0 Å². The van der Waals surface area contributed by atoms with Gasteiger partial charge in [-0.1, -0.05) is 12.1 Å². The first-order chi connectivity index (χ1) is 9.33. The molecule has 0 saturated carbocycles. The van der Waals surface area contributed by atoms with Crippen LogP contribution in [0.25, 0.3) is 11.3 Å². The first-order valence-corrected chi connectivity index (χ1v) is 7.07. The zero-order valence-electron chi connectivity index (χ0n) is 10.7. The number of H-pyrrole nitrogens is 1. The van der Waals surface area contributed by atoms with Crippen LogP contribution in [0.15, 0.2) is 48.0 Å². The number of nitrogens with one attached hydrogen (secondary N) is 2. The molecule has 0 radical (unpaired) electrons. The molecule has 0 amide bonds. The number of benzene rings is 1. The molecule has 0 fully saturated rings. The minimum Gasteiger partial charge on any atom is -0.380 e. The van der Waals surface area contributed by atoms with Gasteiger partial charge in [0.25, 0.3) is 0 Å². The van der Waals surface area contributed by atoms with Gasteiger partial charge in [-0.2, -0.15) is 5.10 Å². The van der Waals surface area contributed by atoms with E-state index in [1.165, 1.54) is 10.4 Å². The van der Waals surface area contributed by atoms with Crippen LogP contribution in [0.3, 0.4) is 0 Å². The molecule has 3 aromatic rings. The van der Waals surface area contributed by atoms with Crippen LogP contribution < -0.4 is 5.32 Å². The highest BCUT2D eigenvalue weighted by molar-refractivity contribution is 7.10. The number of hydrogen-bond donors (Lipinski definition) is 2. The third-order valence-electron chi connectivity index (χ3n) is 3.12. The molecule has 96 valence electrons. The molecular weight excluding hydrogens is 254 g/mol. The second-order valence-electron chi connectivity index (χ2n) is 4.43. The molecular formula is C15H15N3S. The molecule has 0 aliphatic carbocycles. The Labute approximate surface area is 116 Å². The predicted molar refractivity (Wildman–Crippen MR) is 80.4 cm³/mol. The quantitative estimate of drug-likeness (QED) is 0.750. The Morgan fingerprint density at radius 3 is 2.63 bits per heavy atom. The minimum atomic E-state index is 0.882. The van der Waals surface area contributed by atoms with E-state index in [-0.39, 0.29) is 0 Å². The summed E-state index contributed by atoms with van der Waals surface area (Å²) in [6, 6.07) is 12.5. The van der Waals surface area contributed by atoms with E-state index in [1.54, 1.807) is 17.5 Å². The molecule has 0 aliphatic heterocycles. The first kappa shape index (κ1) is 12.0. The fourth-order valence-electron chi connectivity index (χ4n) is 1.95. The lowest BCUT2D eigenvalue weighted by Gasteiger charge is -2.06. The number of nitrogens with zero attached hydrogens (tertiary/aromatic N) is 1. The number of hydrogen-bond acceptors (Lipinski definition) is 3. The van der Waals surface area contributed by atoms with Gasteiger partial charge in [-0.15, -0.1) is 11.3 Å². The Bertz CT molecular complexity index is 638. The standard InChI is InChI=1S/C15H15N3S/c1-11-7-9-19-15(11)10-16-13-4-2-12(3-5-13)14-6-8-17-18-14/h2-9,16H,10H2,1H3,(H,17,18). The van der Waals surface area contributed by atoms with E-state index in [4.69, 9.17) is 0 Å². The molecule has 3 rings (SSSR count). The van der Waals surface area contributed by atoms with E-state index in [0.29, 0.717) is 0 Å². The number of aryl methyl sites for hydroxylation is 1. The third kappa shape index (κ3) is 2.69. The molecule has 0 bridgehead atoms. The Morgan fingerprint density at radius 1 is 1.16 bits per heavy atom. The van der Waals surface area contributed by atoms with Crippen molar-refractivity contribution in [3.8, 4) is 11.3 Å². The van der Waals surface area contributed by atoms with Crippen molar-refractivity contribution >= 4 is 17.0 Å². The molecule has 3 nitrogen and oxygen atoms in total. The van der Waals surface area contributed by atoms with E-state index in [1.807, 2.05) is 6.07 Å². The Kier molecular flexibility index (Phi) is 3.33. The molecule has 4 heteroatoms. The van der Waals surface area contributed by atoms with Gasteiger partial charge in [-0.05, 0) is 47.7 Å². The van der Waals surface area contributed by atoms with Crippen molar-refractivity contribution < 1.29 is 0 Å². The van der Waals surface area contributed by atoms with Gasteiger partial charge in [0.05, 0.1) is 5.69 Å². The van der Waals surface area contributed by atoms with Crippen LogP contribution in [0.4, 0.5) is 5.69 Å². The van der Waals surface area contributed by atoms with Gasteiger partial charge in [0.2, 0.25) is 0 Å². The predicted octanol–water partition coefficient (Wildman–Crippen LogP) is 4.06. The summed E-state index contributed by atoms with van der Waals surface area (Å²) in [6.45, 7) is 3.03. The fourth-order valence-corrected chi connectivity index (χ4v) is 2.80. The van der Waals surface area contributed by atoms with Gasteiger partial charge >= 0.3 is 0 Å². The van der Waals surface area contributed by atoms with Gasteiger partial charge in [0.1, 0.15) is 0 Å². The highest BCUT2D eigenvalue weighted by atomic mass is 32.1. The molecule has 2 N–H and O–H groups in total. The minimum absolute atomic E-state index is 0.882. The molecule has 1 aromatic carbocycles. The van der Waals surface area contributed by atoms with E-state index in [9.17, 15) is 0 Å². The Balaban J connectivity index is 1.68. The van der Waals surface area contributed by atoms with Crippen LogP contribution in [0, 0.1) is 6.92 Å². The number of aromatic nitrogens is 2. The SMILES string of the molecule is Cc1ccsc1CNc1ccc(-c2ccn[nH]2)cc1. The van der Waals surface area contributed by atoms with Crippen molar-refractivity contribution in [2.75, 3.05) is 5.32 Å². The maximum Gasteiger partial charge on any atom is 0.0650 e. The molecule has 2 heterocycles. The molecule has 0 saturated heterocycles. The topological polar surface area (TPSA) is 40.7 Å². The van der Waals surface area contributed by atoms with E-state index in [2.05, 4.69) is 58.1 Å². The number of anilines is 1. The van der Waals surface area contributed by atoms with Gasteiger partial charge in [-0.25, -0.2) is 0 Å². The highest BCUT2D eigenvalue weighted by Gasteiger charge is 2.01. The third-order valence-corrected chi connectivity index (χ3v) is 4.14. The second-order valence-corrected chi connectivity index (χ2v) is 5.43. The van der Waals surface area contributed by atoms with Crippen LogP contribution in [0.5, 0.6) is 0 Å². The van der Waals surface area contributed by atoms with E-state index >= 15 is 0 Å². The van der Waals surface area contributed by atoms with Crippen molar-refractivity contribution in [2.45, 2.75) is 13.5 Å². The van der Waals surface area contributed by atoms with Crippen molar-refractivity contribution in [3.05, 3.63) is 58.4 Å². The van der Waals surface area contributed by atoms with Crippen LogP contribution in [0.1, 0.15) is 10.4 Å². The zero-order chi connectivity index (χ0) is 13.1. The summed E-state index contributed by atoms with van der Waals surface area (Å²) in [4.78, 5) is 1.39. The molecule has 0 unspecified atom stereocenters. The number of thiophene rings is 1. The molecule has 0 spiro atoms. The highest BCUT2D eigenvalue weighted by Crippen LogP contribution is 2.21. The lowest BCUT2D eigenvalue weighted by atomic mass is 10.1. The number of rotatable bonds is 4. The van der Waals surface area contributed by atoms with Crippen molar-refractivity contribution in [1.29, 1.82) is 0 Å². The Hall–Kier alpha value is -2.07. The van der Waals surface area contributed by atoms with Crippen LogP contribution in [0.2, 0.25) is 0 Å². The molecule has 0 aliphatic rings. The van der Waals surface area contributed by atoms with Gasteiger partial charge in [-0.3, -0.25) is 5.10 Å². The van der Waals surface area contributed by atoms with Crippen molar-refractivity contribution in [2.24, 2.45) is 0 Å². The van der Waals surface area contributed by atoms with Crippen molar-refractivity contribution in [1.82, 2.24) is 10.2 Å². The molecule has 0 atom stereocenters. The number of aromatic amines is 1. The normalized spacial score (nSPS) is 10.6. The molecule has 19 heavy (non-hydrogen) atoms. The van der Waals surface area contributed by atoms with E-state index in [0.717, 1.165) is 23.5 Å². The largest absolute Gasteiger partial charge is 0.380 e. The maximum absolute atomic E-state index is 3.96. The second kappa shape index (κ2) is 5.28. The van der Waals surface area contributed by atoms with Gasteiger partial charge in [0, 0.05) is 23.3 Å². The Morgan fingerprint density at radius 2 is 2.00 bits per heavy atom. The smallest absolute Gasteiger partial charge is 0.0650 e. The summed E-state index contributed by atoms with van der Waals surface area (Å²) < 4.78 is 0. The summed E-state index contributed by atoms with van der Waals surface area (Å²) in [5, 5.41) is 12.5. The zero-order valence-corrected chi connectivity index (χ0v) is 11.5. The van der Waals surface area contributed by atoms with Crippen LogP contribution >= 0.6 is 11.3 Å². The van der Waals surface area contributed by atoms with Gasteiger partial charge in [0.15, 0.2) is 0 Å². The fraction of sp³-hybridized carbons (Fsp3) is 0.133. The summed E-state index contributed by atoms with van der Waals surface area (Å²) in [5.41, 5.74) is 4.68. The average Bonchev–Trinajstić information content (AvgIpc) is 3.09. The summed E-state index contributed by atoms with van der Waals surface area (Å²) in [5.74, 6) is 0. The van der Waals surface area contributed by atoms with Gasteiger partial charge < -0.3 is 5.32 Å². The average molecular weight is 269 g/mol. The lowest BCUT2D eigenvalue weighted by Crippen LogP contribution is -1.98. The summed E-state index contributed by atoms with van der Waals surface area (Å²) in [6.07, 6.45) is 1.76. The monoisotopic (exact) mass is 269 g/mol. The molecule has 2 aromatic heterocycles. The van der Waals surface area contributed by atoms with Crippen LogP contribution in [-0.4, -0.2) is 10.2 Å². The lowest BCUT2D eigenvalue weighted by molar-refractivity contribution is 1.09. The van der Waals surface area contributed by atoms with Crippen molar-refractivity contribution in [3.63, 3.8) is 0 Å². The summed E-state index contributed by atoms with van der Waals surface area (Å²) >= 11 is 1.79.